The van der Waals surface area contributed by atoms with Crippen LogP contribution in [0.25, 0.3) is 0 Å². The molecule has 1 atom stereocenters. The predicted molar refractivity (Wildman–Crippen MR) is 82.9 cm³/mol. The second-order valence-electron chi connectivity index (χ2n) is 5.75. The number of nitrogens with zero attached hydrogens (tertiary/aromatic N) is 1. The molecule has 0 spiro atoms. The number of thiophene rings is 1. The molecule has 0 aromatic carbocycles. The normalized spacial score (nSPS) is 25.2. The Morgan fingerprint density at radius 1 is 1.32 bits per heavy atom. The van der Waals surface area contributed by atoms with Gasteiger partial charge in [0, 0.05) is 10.5 Å². The number of carbonyl (C=O) groups is 1. The summed E-state index contributed by atoms with van der Waals surface area (Å²) in [7, 11) is 0. The van der Waals surface area contributed by atoms with Crippen LogP contribution < -0.4 is 0 Å². The van der Waals surface area contributed by atoms with E-state index in [2.05, 4.69) is 20.8 Å². The fourth-order valence-electron chi connectivity index (χ4n) is 3.67. The van der Waals surface area contributed by atoms with E-state index in [0.29, 0.717) is 12.6 Å². The molecule has 1 aliphatic heterocycles. The van der Waals surface area contributed by atoms with Crippen molar-refractivity contribution in [1.82, 2.24) is 4.90 Å². The van der Waals surface area contributed by atoms with E-state index in [1.54, 1.807) is 11.3 Å². The first-order valence-electron chi connectivity index (χ1n) is 7.26. The third kappa shape index (κ3) is 2.96. The van der Waals surface area contributed by atoms with Crippen LogP contribution in [-0.2, 0) is 0 Å². The van der Waals surface area contributed by atoms with Crippen molar-refractivity contribution >= 4 is 33.0 Å². The summed E-state index contributed by atoms with van der Waals surface area (Å²) < 4.78 is 0.958. The highest BCUT2D eigenvalue weighted by Crippen LogP contribution is 2.35. The van der Waals surface area contributed by atoms with Crippen LogP contribution in [0, 0.1) is 5.92 Å². The van der Waals surface area contributed by atoms with E-state index >= 15 is 0 Å². The Bertz CT molecular complexity index is 453. The van der Waals surface area contributed by atoms with E-state index < -0.39 is 0 Å². The highest BCUT2D eigenvalue weighted by atomic mass is 79.9. The minimum Gasteiger partial charge on any atom is -0.293 e. The molecule has 1 aromatic heterocycles. The first-order valence-corrected chi connectivity index (χ1v) is 8.93. The number of rotatable bonds is 4. The van der Waals surface area contributed by atoms with Crippen molar-refractivity contribution in [3.8, 4) is 0 Å². The number of carbonyl (C=O) groups excluding carboxylic acids is 1. The molecule has 0 bridgehead atoms. The van der Waals surface area contributed by atoms with E-state index in [0.717, 1.165) is 21.8 Å². The molecule has 4 heteroatoms. The molecule has 1 aromatic rings. The molecular weight excluding hydrogens is 322 g/mol. The van der Waals surface area contributed by atoms with Crippen LogP contribution in [-0.4, -0.2) is 29.8 Å². The predicted octanol–water partition coefficient (Wildman–Crippen LogP) is 4.35. The number of halogens is 1. The SMILES string of the molecule is O=C(CN1CCCC1C1CCCC1)c1sccc1Br. The molecule has 2 nitrogen and oxygen atoms in total. The maximum Gasteiger partial charge on any atom is 0.187 e. The standard InChI is InChI=1S/C15H20BrNOS/c16-12-7-9-19-15(12)14(18)10-17-8-3-6-13(17)11-4-1-2-5-11/h7,9,11,13H,1-6,8,10H2. The number of hydrogen-bond acceptors (Lipinski definition) is 3. The fraction of sp³-hybridized carbons (Fsp3) is 0.667. The van der Waals surface area contributed by atoms with E-state index in [4.69, 9.17) is 0 Å². The second kappa shape index (κ2) is 6.06. The number of Topliss-reactive ketones (excluding diaryl/α,β-unsaturated/α-hetero) is 1. The highest BCUT2D eigenvalue weighted by Gasteiger charge is 2.34. The molecular formula is C15H20BrNOS. The van der Waals surface area contributed by atoms with Gasteiger partial charge in [0.2, 0.25) is 0 Å². The fourth-order valence-corrected chi connectivity index (χ4v) is 5.20. The molecule has 104 valence electrons. The van der Waals surface area contributed by atoms with Crippen LogP contribution in [0.4, 0.5) is 0 Å². The van der Waals surface area contributed by atoms with Crippen molar-refractivity contribution in [2.75, 3.05) is 13.1 Å². The molecule has 1 unspecified atom stereocenters. The first kappa shape index (κ1) is 13.8. The van der Waals surface area contributed by atoms with Crippen molar-refractivity contribution < 1.29 is 4.79 Å². The quantitative estimate of drug-likeness (QED) is 0.759. The summed E-state index contributed by atoms with van der Waals surface area (Å²) >= 11 is 5.02. The van der Waals surface area contributed by atoms with Crippen molar-refractivity contribution in [1.29, 1.82) is 0 Å². The van der Waals surface area contributed by atoms with Crippen LogP contribution in [0.15, 0.2) is 15.9 Å². The van der Waals surface area contributed by atoms with Crippen LogP contribution in [0.3, 0.4) is 0 Å². The summed E-state index contributed by atoms with van der Waals surface area (Å²) in [4.78, 5) is 15.7. The van der Waals surface area contributed by atoms with Gasteiger partial charge in [-0.25, -0.2) is 0 Å². The lowest BCUT2D eigenvalue weighted by Crippen LogP contribution is -2.38. The van der Waals surface area contributed by atoms with Gasteiger partial charge in [0.25, 0.3) is 0 Å². The van der Waals surface area contributed by atoms with Gasteiger partial charge in [-0.3, -0.25) is 9.69 Å². The van der Waals surface area contributed by atoms with Crippen LogP contribution in [0.1, 0.15) is 48.2 Å². The van der Waals surface area contributed by atoms with E-state index in [1.807, 2.05) is 11.4 Å². The van der Waals surface area contributed by atoms with Crippen molar-refractivity contribution in [3.05, 3.63) is 20.8 Å². The molecule has 0 amide bonds. The molecule has 2 heterocycles. The van der Waals surface area contributed by atoms with Gasteiger partial charge in [-0.1, -0.05) is 12.8 Å². The average molecular weight is 342 g/mol. The summed E-state index contributed by atoms with van der Waals surface area (Å²) in [5.74, 6) is 1.13. The van der Waals surface area contributed by atoms with Gasteiger partial charge in [-0.05, 0) is 65.5 Å². The minimum atomic E-state index is 0.284. The summed E-state index contributed by atoms with van der Waals surface area (Å²) in [5, 5.41) is 1.98. The van der Waals surface area contributed by atoms with E-state index in [-0.39, 0.29) is 5.78 Å². The molecule has 1 saturated carbocycles. The Balaban J connectivity index is 1.65. The summed E-state index contributed by atoms with van der Waals surface area (Å²) in [6.07, 6.45) is 8.08. The maximum absolute atomic E-state index is 12.4. The topological polar surface area (TPSA) is 20.3 Å². The van der Waals surface area contributed by atoms with Gasteiger partial charge in [-0.15, -0.1) is 11.3 Å². The van der Waals surface area contributed by atoms with E-state index in [9.17, 15) is 4.79 Å². The second-order valence-corrected chi connectivity index (χ2v) is 7.52. The molecule has 19 heavy (non-hydrogen) atoms. The zero-order valence-corrected chi connectivity index (χ0v) is 13.5. The van der Waals surface area contributed by atoms with Gasteiger partial charge < -0.3 is 0 Å². The Morgan fingerprint density at radius 3 is 2.79 bits per heavy atom. The molecule has 1 saturated heterocycles. The van der Waals surface area contributed by atoms with Gasteiger partial charge >= 0.3 is 0 Å². The summed E-state index contributed by atoms with van der Waals surface area (Å²) in [6, 6.07) is 2.64. The molecule has 2 aliphatic rings. The number of ketones is 1. The lowest BCUT2D eigenvalue weighted by molar-refractivity contribution is 0.0899. The monoisotopic (exact) mass is 341 g/mol. The van der Waals surface area contributed by atoms with Crippen LogP contribution in [0.5, 0.6) is 0 Å². The van der Waals surface area contributed by atoms with E-state index in [1.165, 1.54) is 38.5 Å². The van der Waals surface area contributed by atoms with Gasteiger partial charge in [-0.2, -0.15) is 0 Å². The maximum atomic E-state index is 12.4. The Labute approximate surface area is 127 Å². The van der Waals surface area contributed by atoms with Gasteiger partial charge in [0.05, 0.1) is 11.4 Å². The summed E-state index contributed by atoms with van der Waals surface area (Å²) in [6.45, 7) is 1.72. The zero-order chi connectivity index (χ0) is 13.2. The van der Waals surface area contributed by atoms with Gasteiger partial charge in [0.15, 0.2) is 5.78 Å². The number of hydrogen-bond donors (Lipinski definition) is 0. The largest absolute Gasteiger partial charge is 0.293 e. The molecule has 0 N–H and O–H groups in total. The van der Waals surface area contributed by atoms with Crippen molar-refractivity contribution in [2.24, 2.45) is 5.92 Å². The third-order valence-corrected chi connectivity index (χ3v) is 6.45. The summed E-state index contributed by atoms with van der Waals surface area (Å²) in [5.41, 5.74) is 0. The van der Waals surface area contributed by atoms with Crippen molar-refractivity contribution in [2.45, 2.75) is 44.6 Å². The Morgan fingerprint density at radius 2 is 2.11 bits per heavy atom. The average Bonchev–Trinajstić information content (AvgIpc) is 3.07. The molecule has 1 aliphatic carbocycles. The Hall–Kier alpha value is -0.190. The molecule has 0 radical (unpaired) electrons. The molecule has 2 fully saturated rings. The Kier molecular flexibility index (Phi) is 4.40. The smallest absolute Gasteiger partial charge is 0.187 e. The first-order chi connectivity index (χ1) is 9.25. The van der Waals surface area contributed by atoms with Crippen LogP contribution >= 0.6 is 27.3 Å². The third-order valence-electron chi connectivity index (χ3n) is 4.58. The van der Waals surface area contributed by atoms with Gasteiger partial charge in [0.1, 0.15) is 0 Å². The lowest BCUT2D eigenvalue weighted by Gasteiger charge is -2.28. The lowest BCUT2D eigenvalue weighted by atomic mass is 9.96. The number of likely N-dealkylation sites (tertiary alicyclic amines) is 1. The zero-order valence-electron chi connectivity index (χ0n) is 11.1. The highest BCUT2D eigenvalue weighted by molar-refractivity contribution is 9.10. The minimum absolute atomic E-state index is 0.284. The molecule has 3 rings (SSSR count). The van der Waals surface area contributed by atoms with Crippen LogP contribution in [0.2, 0.25) is 0 Å². The van der Waals surface area contributed by atoms with Crippen molar-refractivity contribution in [3.63, 3.8) is 0 Å².